The normalized spacial score (nSPS) is 18.2. The molecule has 0 saturated heterocycles. The molecule has 0 aromatic rings. The lowest BCUT2D eigenvalue weighted by Crippen LogP contribution is -2.38. The molecule has 0 spiro atoms. The molecule has 1 fully saturated rings. The van der Waals surface area contributed by atoms with E-state index < -0.39 is 0 Å². The molecule has 3 nitrogen and oxygen atoms in total. The molecule has 1 unspecified atom stereocenters. The van der Waals surface area contributed by atoms with Crippen molar-refractivity contribution in [3.8, 4) is 0 Å². The van der Waals surface area contributed by atoms with Gasteiger partial charge in [-0.25, -0.2) is 0 Å². The van der Waals surface area contributed by atoms with E-state index >= 15 is 0 Å². The van der Waals surface area contributed by atoms with Crippen LogP contribution in [0.5, 0.6) is 0 Å². The van der Waals surface area contributed by atoms with Crippen LogP contribution in [-0.4, -0.2) is 25.2 Å². The van der Waals surface area contributed by atoms with E-state index in [0.717, 1.165) is 18.9 Å². The van der Waals surface area contributed by atoms with Gasteiger partial charge in [0.25, 0.3) is 0 Å². The summed E-state index contributed by atoms with van der Waals surface area (Å²) in [4.78, 5) is 11.5. The Kier molecular flexibility index (Phi) is 7.25. The Morgan fingerprint density at radius 1 is 1.35 bits per heavy atom. The number of carbonyl (C=O) groups excluding carboxylic acids is 1. The molecule has 100 valence electrons. The van der Waals surface area contributed by atoms with E-state index in [-0.39, 0.29) is 12.0 Å². The molecule has 0 amide bonds. The molecule has 1 N–H and O–H groups in total. The zero-order valence-electron chi connectivity index (χ0n) is 11.3. The van der Waals surface area contributed by atoms with Crippen LogP contribution in [0.15, 0.2) is 0 Å². The van der Waals surface area contributed by atoms with Crippen molar-refractivity contribution in [1.82, 2.24) is 5.32 Å². The fourth-order valence-corrected chi connectivity index (χ4v) is 2.60. The van der Waals surface area contributed by atoms with E-state index in [4.69, 9.17) is 4.74 Å². The number of ether oxygens (including phenoxy) is 1. The van der Waals surface area contributed by atoms with Crippen LogP contribution < -0.4 is 5.32 Å². The van der Waals surface area contributed by atoms with Crippen LogP contribution in [0, 0.1) is 5.92 Å². The smallest absolute Gasteiger partial charge is 0.323 e. The molecular weight excluding hydrogens is 214 g/mol. The molecule has 0 aliphatic heterocycles. The summed E-state index contributed by atoms with van der Waals surface area (Å²) in [7, 11) is 0. The average Bonchev–Trinajstić information content (AvgIpc) is 2.82. The first-order chi connectivity index (χ1) is 8.27. The van der Waals surface area contributed by atoms with Crippen molar-refractivity contribution in [3.63, 3.8) is 0 Å². The maximum Gasteiger partial charge on any atom is 0.323 e. The molecule has 1 rings (SSSR count). The molecule has 1 aliphatic rings. The van der Waals surface area contributed by atoms with Crippen molar-refractivity contribution in [2.24, 2.45) is 5.92 Å². The second-order valence-corrected chi connectivity index (χ2v) is 4.96. The summed E-state index contributed by atoms with van der Waals surface area (Å²) in [6, 6.07) is -0.112. The van der Waals surface area contributed by atoms with Crippen molar-refractivity contribution in [2.45, 2.75) is 64.8 Å². The Bertz CT molecular complexity index is 212. The Hall–Kier alpha value is -0.570. The summed E-state index contributed by atoms with van der Waals surface area (Å²) in [5.41, 5.74) is 0. The van der Waals surface area contributed by atoms with Crippen LogP contribution >= 0.6 is 0 Å². The zero-order chi connectivity index (χ0) is 12.5. The lowest BCUT2D eigenvalue weighted by atomic mass is 10.0. The molecule has 1 atom stereocenters. The lowest BCUT2D eigenvalue weighted by Gasteiger charge is -2.16. The summed E-state index contributed by atoms with van der Waals surface area (Å²) in [5.74, 6) is 0.843. The molecule has 1 saturated carbocycles. The zero-order valence-corrected chi connectivity index (χ0v) is 11.3. The number of hydrogen-bond donors (Lipinski definition) is 1. The second kappa shape index (κ2) is 8.51. The second-order valence-electron chi connectivity index (χ2n) is 4.96. The maximum atomic E-state index is 11.5. The number of rotatable bonds is 8. The van der Waals surface area contributed by atoms with Crippen molar-refractivity contribution < 1.29 is 9.53 Å². The van der Waals surface area contributed by atoms with Crippen molar-refractivity contribution in [1.29, 1.82) is 0 Å². The van der Waals surface area contributed by atoms with Gasteiger partial charge in [0.15, 0.2) is 0 Å². The monoisotopic (exact) mass is 241 g/mol. The summed E-state index contributed by atoms with van der Waals surface area (Å²) in [6.07, 6.45) is 8.95. The van der Waals surface area contributed by atoms with Crippen LogP contribution in [0.3, 0.4) is 0 Å². The summed E-state index contributed by atoms with van der Waals surface area (Å²) >= 11 is 0. The third-order valence-electron chi connectivity index (χ3n) is 3.63. The van der Waals surface area contributed by atoms with Gasteiger partial charge in [0.05, 0.1) is 6.61 Å². The molecule has 17 heavy (non-hydrogen) atoms. The van der Waals surface area contributed by atoms with Crippen LogP contribution in [0.2, 0.25) is 0 Å². The Morgan fingerprint density at radius 2 is 2.06 bits per heavy atom. The van der Waals surface area contributed by atoms with Crippen molar-refractivity contribution >= 4 is 5.97 Å². The highest BCUT2D eigenvalue weighted by Crippen LogP contribution is 2.28. The predicted octanol–water partition coefficient (Wildman–Crippen LogP) is 2.89. The van der Waals surface area contributed by atoms with Gasteiger partial charge in [0.1, 0.15) is 6.04 Å². The van der Waals surface area contributed by atoms with E-state index in [2.05, 4.69) is 5.32 Å². The van der Waals surface area contributed by atoms with E-state index in [0.29, 0.717) is 6.61 Å². The first-order valence-electron chi connectivity index (χ1n) is 7.18. The molecule has 0 radical (unpaired) electrons. The van der Waals surface area contributed by atoms with E-state index in [1.807, 2.05) is 13.8 Å². The fourth-order valence-electron chi connectivity index (χ4n) is 2.60. The van der Waals surface area contributed by atoms with Gasteiger partial charge in [-0.1, -0.05) is 32.6 Å². The first kappa shape index (κ1) is 14.5. The minimum atomic E-state index is -0.112. The van der Waals surface area contributed by atoms with E-state index in [9.17, 15) is 4.79 Å². The van der Waals surface area contributed by atoms with Gasteiger partial charge in [-0.3, -0.25) is 4.79 Å². The molecule has 0 heterocycles. The number of esters is 1. The number of hydrogen-bond acceptors (Lipinski definition) is 3. The van der Waals surface area contributed by atoms with Gasteiger partial charge in [0, 0.05) is 0 Å². The quantitative estimate of drug-likeness (QED) is 0.524. The largest absolute Gasteiger partial charge is 0.465 e. The summed E-state index contributed by atoms with van der Waals surface area (Å²) < 4.78 is 5.02. The SMILES string of the molecule is CCOC(=O)C(CC)NCCCC1CCCC1. The molecule has 0 aromatic heterocycles. The van der Waals surface area contributed by atoms with Gasteiger partial charge in [-0.15, -0.1) is 0 Å². The molecule has 3 heteroatoms. The van der Waals surface area contributed by atoms with Gasteiger partial charge in [-0.05, 0) is 38.6 Å². The topological polar surface area (TPSA) is 38.3 Å². The van der Waals surface area contributed by atoms with Gasteiger partial charge >= 0.3 is 5.97 Å². The van der Waals surface area contributed by atoms with Crippen molar-refractivity contribution in [3.05, 3.63) is 0 Å². The van der Waals surface area contributed by atoms with Crippen LogP contribution in [0.1, 0.15) is 58.8 Å². The molecule has 0 aromatic carbocycles. The molecular formula is C14H27NO2. The molecule has 1 aliphatic carbocycles. The van der Waals surface area contributed by atoms with Gasteiger partial charge in [0.2, 0.25) is 0 Å². The van der Waals surface area contributed by atoms with Gasteiger partial charge < -0.3 is 10.1 Å². The minimum absolute atomic E-state index is 0.101. The third kappa shape index (κ3) is 5.53. The average molecular weight is 241 g/mol. The Labute approximate surface area is 105 Å². The van der Waals surface area contributed by atoms with Crippen LogP contribution in [0.4, 0.5) is 0 Å². The maximum absolute atomic E-state index is 11.5. The number of carbonyl (C=O) groups is 1. The fraction of sp³-hybridized carbons (Fsp3) is 0.929. The third-order valence-corrected chi connectivity index (χ3v) is 3.63. The summed E-state index contributed by atoms with van der Waals surface area (Å²) in [5, 5.41) is 3.30. The summed E-state index contributed by atoms with van der Waals surface area (Å²) in [6.45, 7) is 5.28. The Balaban J connectivity index is 2.08. The highest BCUT2D eigenvalue weighted by atomic mass is 16.5. The number of nitrogens with one attached hydrogen (secondary N) is 1. The van der Waals surface area contributed by atoms with E-state index in [1.165, 1.54) is 38.5 Å². The van der Waals surface area contributed by atoms with Crippen LogP contribution in [-0.2, 0) is 9.53 Å². The first-order valence-corrected chi connectivity index (χ1v) is 7.18. The van der Waals surface area contributed by atoms with Crippen molar-refractivity contribution in [2.75, 3.05) is 13.2 Å². The Morgan fingerprint density at radius 3 is 2.65 bits per heavy atom. The minimum Gasteiger partial charge on any atom is -0.465 e. The lowest BCUT2D eigenvalue weighted by molar-refractivity contribution is -0.145. The highest BCUT2D eigenvalue weighted by molar-refractivity contribution is 5.75. The highest BCUT2D eigenvalue weighted by Gasteiger charge is 2.17. The van der Waals surface area contributed by atoms with Crippen LogP contribution in [0.25, 0.3) is 0 Å². The van der Waals surface area contributed by atoms with E-state index in [1.54, 1.807) is 0 Å². The predicted molar refractivity (Wildman–Crippen MR) is 69.9 cm³/mol. The standard InChI is InChI=1S/C14H27NO2/c1-3-13(14(16)17-4-2)15-11-7-10-12-8-5-6-9-12/h12-13,15H,3-11H2,1-2H3. The van der Waals surface area contributed by atoms with Gasteiger partial charge in [-0.2, -0.15) is 0 Å². The molecule has 0 bridgehead atoms.